The molecule has 4 heteroatoms. The van der Waals surface area contributed by atoms with Gasteiger partial charge in [-0.15, -0.1) is 0 Å². The van der Waals surface area contributed by atoms with Crippen molar-refractivity contribution in [2.75, 3.05) is 12.3 Å². The maximum atomic E-state index is 12.0. The molecule has 1 aromatic carbocycles. The summed E-state index contributed by atoms with van der Waals surface area (Å²) in [6, 6.07) is 9.21. The smallest absolute Gasteiger partial charge is 0.179 e. The van der Waals surface area contributed by atoms with Gasteiger partial charge >= 0.3 is 0 Å². The number of hydrogen-bond acceptors (Lipinski definition) is 3. The Balaban J connectivity index is 1.82. The first-order valence-electron chi connectivity index (χ1n) is 6.70. The lowest BCUT2D eigenvalue weighted by Crippen LogP contribution is -2.34. The fraction of sp³-hybridized carbons (Fsp3) is 0.571. The van der Waals surface area contributed by atoms with Gasteiger partial charge in [0.1, 0.15) is 0 Å². The second-order valence-electron chi connectivity index (χ2n) is 4.92. The third-order valence-corrected chi connectivity index (χ3v) is 5.24. The zero-order valence-electron chi connectivity index (χ0n) is 10.6. The van der Waals surface area contributed by atoms with Crippen LogP contribution in [0.25, 0.3) is 0 Å². The highest BCUT2D eigenvalue weighted by molar-refractivity contribution is 7.91. The van der Waals surface area contributed by atoms with E-state index in [1.54, 1.807) is 24.3 Å². The van der Waals surface area contributed by atoms with Crippen LogP contribution in [0.1, 0.15) is 32.1 Å². The Morgan fingerprint density at radius 1 is 1.06 bits per heavy atom. The van der Waals surface area contributed by atoms with Gasteiger partial charge in [-0.2, -0.15) is 0 Å². The summed E-state index contributed by atoms with van der Waals surface area (Å²) in [4.78, 5) is 0.426. The molecule has 1 N–H and O–H groups in total. The second kappa shape index (κ2) is 6.34. The molecule has 1 aliphatic carbocycles. The molecule has 100 valence electrons. The molecular formula is C14H21NO2S. The summed E-state index contributed by atoms with van der Waals surface area (Å²) in [7, 11) is -3.12. The van der Waals surface area contributed by atoms with E-state index in [1.165, 1.54) is 32.1 Å². The molecule has 0 atom stereocenters. The van der Waals surface area contributed by atoms with E-state index in [9.17, 15) is 8.42 Å². The maximum Gasteiger partial charge on any atom is 0.179 e. The van der Waals surface area contributed by atoms with Crippen LogP contribution in [0.2, 0.25) is 0 Å². The zero-order valence-corrected chi connectivity index (χ0v) is 11.5. The van der Waals surface area contributed by atoms with Gasteiger partial charge in [0.15, 0.2) is 9.84 Å². The second-order valence-corrected chi connectivity index (χ2v) is 7.03. The van der Waals surface area contributed by atoms with Gasteiger partial charge in [0.05, 0.1) is 10.6 Å². The first kappa shape index (κ1) is 13.6. The Kier molecular flexibility index (Phi) is 4.78. The van der Waals surface area contributed by atoms with E-state index in [-0.39, 0.29) is 5.75 Å². The maximum absolute atomic E-state index is 12.0. The minimum Gasteiger partial charge on any atom is -0.313 e. The normalized spacial score (nSPS) is 17.8. The number of benzene rings is 1. The largest absolute Gasteiger partial charge is 0.313 e. The monoisotopic (exact) mass is 267 g/mol. The quantitative estimate of drug-likeness (QED) is 0.891. The fourth-order valence-corrected chi connectivity index (χ4v) is 3.64. The van der Waals surface area contributed by atoms with Gasteiger partial charge in [0.25, 0.3) is 0 Å². The van der Waals surface area contributed by atoms with E-state index in [0.717, 1.165) is 0 Å². The van der Waals surface area contributed by atoms with Crippen LogP contribution >= 0.6 is 0 Å². The molecule has 0 amide bonds. The Labute approximate surface area is 110 Å². The van der Waals surface area contributed by atoms with Gasteiger partial charge in [-0.05, 0) is 25.0 Å². The van der Waals surface area contributed by atoms with Gasteiger partial charge < -0.3 is 5.32 Å². The summed E-state index contributed by atoms with van der Waals surface area (Å²) in [5.41, 5.74) is 0. The third kappa shape index (κ3) is 3.82. The van der Waals surface area contributed by atoms with Gasteiger partial charge in [0, 0.05) is 12.6 Å². The van der Waals surface area contributed by atoms with Crippen LogP contribution in [-0.4, -0.2) is 26.8 Å². The number of hydrogen-bond donors (Lipinski definition) is 1. The first-order chi connectivity index (χ1) is 8.68. The van der Waals surface area contributed by atoms with E-state index < -0.39 is 9.84 Å². The summed E-state index contributed by atoms with van der Waals surface area (Å²) in [6.07, 6.45) is 6.23. The molecule has 0 unspecified atom stereocenters. The Morgan fingerprint density at radius 2 is 1.72 bits per heavy atom. The lowest BCUT2D eigenvalue weighted by molar-refractivity contribution is 0.380. The van der Waals surface area contributed by atoms with Crippen molar-refractivity contribution in [2.24, 2.45) is 0 Å². The topological polar surface area (TPSA) is 46.2 Å². The standard InChI is InChI=1S/C14H21NO2S/c16-18(17,14-9-5-2-6-10-14)12-11-15-13-7-3-1-4-8-13/h2,5-6,9-10,13,15H,1,3-4,7-8,11-12H2. The van der Waals surface area contributed by atoms with E-state index in [2.05, 4.69) is 5.32 Å². The number of nitrogens with one attached hydrogen (secondary N) is 1. The molecule has 1 saturated carbocycles. The van der Waals surface area contributed by atoms with Gasteiger partial charge in [-0.25, -0.2) is 8.42 Å². The van der Waals surface area contributed by atoms with Crippen molar-refractivity contribution in [1.29, 1.82) is 0 Å². The zero-order chi connectivity index (χ0) is 12.8. The van der Waals surface area contributed by atoms with Gasteiger partial charge in [-0.3, -0.25) is 0 Å². The number of rotatable bonds is 5. The van der Waals surface area contributed by atoms with Crippen LogP contribution in [-0.2, 0) is 9.84 Å². The molecule has 3 nitrogen and oxygen atoms in total. The minimum absolute atomic E-state index is 0.188. The summed E-state index contributed by atoms with van der Waals surface area (Å²) < 4.78 is 24.1. The molecule has 1 fully saturated rings. The molecule has 2 rings (SSSR count). The highest BCUT2D eigenvalue weighted by Crippen LogP contribution is 2.17. The van der Waals surface area contributed by atoms with Crippen LogP contribution in [0.5, 0.6) is 0 Å². The lowest BCUT2D eigenvalue weighted by Gasteiger charge is -2.22. The molecule has 0 aromatic heterocycles. The molecule has 0 radical (unpaired) electrons. The summed E-state index contributed by atoms with van der Waals surface area (Å²) in [6.45, 7) is 0.557. The highest BCUT2D eigenvalue weighted by atomic mass is 32.2. The van der Waals surface area contributed by atoms with Crippen LogP contribution in [0.3, 0.4) is 0 Å². The Hall–Kier alpha value is -0.870. The molecule has 1 aromatic rings. The third-order valence-electron chi connectivity index (χ3n) is 3.51. The van der Waals surface area contributed by atoms with Crippen LogP contribution in [0.4, 0.5) is 0 Å². The molecule has 0 spiro atoms. The Morgan fingerprint density at radius 3 is 2.39 bits per heavy atom. The molecule has 1 aliphatic rings. The van der Waals surface area contributed by atoms with Crippen LogP contribution in [0, 0.1) is 0 Å². The SMILES string of the molecule is O=S(=O)(CCNC1CCCCC1)c1ccccc1. The van der Waals surface area contributed by atoms with E-state index >= 15 is 0 Å². The lowest BCUT2D eigenvalue weighted by atomic mass is 9.96. The van der Waals surface area contributed by atoms with Crippen molar-refractivity contribution in [3.05, 3.63) is 30.3 Å². The molecular weight excluding hydrogens is 246 g/mol. The minimum atomic E-state index is -3.12. The van der Waals surface area contributed by atoms with Crippen molar-refractivity contribution >= 4 is 9.84 Å². The predicted molar refractivity (Wildman–Crippen MR) is 73.4 cm³/mol. The average Bonchev–Trinajstić information content (AvgIpc) is 2.41. The van der Waals surface area contributed by atoms with Crippen molar-refractivity contribution in [2.45, 2.75) is 43.0 Å². The van der Waals surface area contributed by atoms with E-state index in [1.807, 2.05) is 6.07 Å². The molecule has 0 heterocycles. The Bertz CT molecular complexity index is 450. The summed E-state index contributed by atoms with van der Waals surface area (Å²) in [5.74, 6) is 0.188. The van der Waals surface area contributed by atoms with Crippen molar-refractivity contribution in [3.8, 4) is 0 Å². The van der Waals surface area contributed by atoms with E-state index in [0.29, 0.717) is 17.5 Å². The van der Waals surface area contributed by atoms with Crippen LogP contribution in [0.15, 0.2) is 35.2 Å². The van der Waals surface area contributed by atoms with E-state index in [4.69, 9.17) is 0 Å². The van der Waals surface area contributed by atoms with Gasteiger partial charge in [-0.1, -0.05) is 37.5 Å². The predicted octanol–water partition coefficient (Wildman–Crippen LogP) is 2.38. The molecule has 18 heavy (non-hydrogen) atoms. The van der Waals surface area contributed by atoms with Crippen molar-refractivity contribution < 1.29 is 8.42 Å². The van der Waals surface area contributed by atoms with Gasteiger partial charge in [0.2, 0.25) is 0 Å². The average molecular weight is 267 g/mol. The highest BCUT2D eigenvalue weighted by Gasteiger charge is 2.16. The molecule has 0 saturated heterocycles. The molecule has 0 bridgehead atoms. The molecule has 0 aliphatic heterocycles. The fourth-order valence-electron chi connectivity index (χ4n) is 2.45. The van der Waals surface area contributed by atoms with Crippen molar-refractivity contribution in [3.63, 3.8) is 0 Å². The van der Waals surface area contributed by atoms with Crippen molar-refractivity contribution in [1.82, 2.24) is 5.32 Å². The van der Waals surface area contributed by atoms with Crippen LogP contribution < -0.4 is 5.32 Å². The summed E-state index contributed by atoms with van der Waals surface area (Å²) in [5, 5.41) is 3.37. The number of sulfone groups is 1. The first-order valence-corrected chi connectivity index (χ1v) is 8.35. The summed E-state index contributed by atoms with van der Waals surface area (Å²) >= 11 is 0.